The molecule has 0 aliphatic carbocycles. The number of hydrogen-bond donors (Lipinski definition) is 0. The Morgan fingerprint density at radius 1 is 1.50 bits per heavy atom. The number of halogens is 1. The third-order valence-electron chi connectivity index (χ3n) is 3.02. The Bertz CT molecular complexity index is 475. The van der Waals surface area contributed by atoms with Crippen LogP contribution in [0.2, 0.25) is 0 Å². The van der Waals surface area contributed by atoms with Crippen LogP contribution in [0.5, 0.6) is 0 Å². The van der Waals surface area contributed by atoms with Crippen LogP contribution >= 0.6 is 15.9 Å². The number of carbonyl (C=O) groups is 2. The van der Waals surface area contributed by atoms with Crippen LogP contribution in [-0.4, -0.2) is 41.8 Å². The molecule has 0 N–H and O–H groups in total. The average molecular weight is 312 g/mol. The van der Waals surface area contributed by atoms with Crippen molar-refractivity contribution in [3.63, 3.8) is 0 Å². The highest BCUT2D eigenvalue weighted by Gasteiger charge is 2.27. The number of rotatable bonds is 3. The minimum absolute atomic E-state index is 0.0230. The summed E-state index contributed by atoms with van der Waals surface area (Å²) in [4.78, 5) is 24.8. The number of amides is 1. The monoisotopic (exact) mass is 311 g/mol. The molecule has 4 nitrogen and oxygen atoms in total. The van der Waals surface area contributed by atoms with E-state index in [-0.39, 0.29) is 11.9 Å². The van der Waals surface area contributed by atoms with Gasteiger partial charge in [0.2, 0.25) is 0 Å². The maximum absolute atomic E-state index is 12.2. The summed E-state index contributed by atoms with van der Waals surface area (Å²) in [5, 5.41) is 0. The molecule has 1 unspecified atom stereocenters. The van der Waals surface area contributed by atoms with Gasteiger partial charge in [-0.2, -0.15) is 0 Å². The molecular formula is C13H14BrNO3. The number of carbonyl (C=O) groups excluding carboxylic acids is 2. The molecular weight excluding hydrogens is 298 g/mol. The lowest BCUT2D eigenvalue weighted by Crippen LogP contribution is -2.42. The number of methoxy groups -OCH3 is 1. The minimum atomic E-state index is -0.475. The third kappa shape index (κ3) is 2.56. The summed E-state index contributed by atoms with van der Waals surface area (Å²) in [6.45, 7) is 0.967. The van der Waals surface area contributed by atoms with E-state index in [1.807, 2.05) is 24.3 Å². The number of esters is 1. The maximum atomic E-state index is 12.2. The molecule has 1 aromatic carbocycles. The Labute approximate surface area is 114 Å². The van der Waals surface area contributed by atoms with Gasteiger partial charge >= 0.3 is 5.97 Å². The first kappa shape index (κ1) is 13.1. The molecule has 0 aromatic heterocycles. The summed E-state index contributed by atoms with van der Waals surface area (Å²) in [6, 6.07) is 7.58. The SMILES string of the molecule is COC(=O)C(Br)CN1CCc2ccccc2C1=O. The quantitative estimate of drug-likeness (QED) is 0.629. The van der Waals surface area contributed by atoms with Gasteiger partial charge in [-0.15, -0.1) is 0 Å². The molecule has 0 fully saturated rings. The second-order valence-corrected chi connectivity index (χ2v) is 5.25. The lowest BCUT2D eigenvalue weighted by Gasteiger charge is -2.29. The number of benzene rings is 1. The standard InChI is InChI=1S/C13H14BrNO3/c1-18-13(17)11(14)8-15-7-6-9-4-2-3-5-10(9)12(15)16/h2-5,11H,6-8H2,1H3. The van der Waals surface area contributed by atoms with Gasteiger partial charge in [-0.25, -0.2) is 0 Å². The van der Waals surface area contributed by atoms with E-state index in [0.717, 1.165) is 17.5 Å². The summed E-state index contributed by atoms with van der Waals surface area (Å²) in [5.74, 6) is -0.383. The molecule has 2 rings (SSSR count). The molecule has 0 saturated heterocycles. The van der Waals surface area contributed by atoms with Gasteiger partial charge in [0.25, 0.3) is 5.91 Å². The predicted molar refractivity (Wildman–Crippen MR) is 70.8 cm³/mol. The van der Waals surface area contributed by atoms with E-state index < -0.39 is 4.83 Å². The van der Waals surface area contributed by atoms with Gasteiger partial charge in [0.05, 0.1) is 7.11 Å². The second-order valence-electron chi connectivity index (χ2n) is 4.15. The average Bonchev–Trinajstić information content (AvgIpc) is 2.41. The van der Waals surface area contributed by atoms with Gasteiger partial charge in [-0.1, -0.05) is 34.1 Å². The minimum Gasteiger partial charge on any atom is -0.468 e. The Balaban J connectivity index is 2.10. The molecule has 1 heterocycles. The largest absolute Gasteiger partial charge is 0.468 e. The highest BCUT2D eigenvalue weighted by molar-refractivity contribution is 9.10. The first-order valence-electron chi connectivity index (χ1n) is 5.72. The highest BCUT2D eigenvalue weighted by atomic mass is 79.9. The number of hydrogen-bond acceptors (Lipinski definition) is 3. The molecule has 5 heteroatoms. The van der Waals surface area contributed by atoms with Crippen molar-refractivity contribution in [2.24, 2.45) is 0 Å². The van der Waals surface area contributed by atoms with Crippen molar-refractivity contribution in [3.05, 3.63) is 35.4 Å². The molecule has 0 bridgehead atoms. The molecule has 1 aliphatic heterocycles. The molecule has 1 aromatic rings. The zero-order valence-electron chi connectivity index (χ0n) is 10.1. The third-order valence-corrected chi connectivity index (χ3v) is 3.69. The molecule has 1 amide bonds. The van der Waals surface area contributed by atoms with Gasteiger partial charge in [0, 0.05) is 18.7 Å². The smallest absolute Gasteiger partial charge is 0.321 e. The van der Waals surface area contributed by atoms with Crippen LogP contribution in [0.4, 0.5) is 0 Å². The van der Waals surface area contributed by atoms with Crippen molar-refractivity contribution in [2.45, 2.75) is 11.2 Å². The van der Waals surface area contributed by atoms with E-state index in [9.17, 15) is 9.59 Å². The molecule has 0 radical (unpaired) electrons. The summed E-state index contributed by atoms with van der Waals surface area (Å²) < 4.78 is 4.63. The van der Waals surface area contributed by atoms with E-state index in [4.69, 9.17) is 0 Å². The normalized spacial score (nSPS) is 16.1. The van der Waals surface area contributed by atoms with Gasteiger partial charge in [-0.05, 0) is 18.1 Å². The Morgan fingerprint density at radius 3 is 2.94 bits per heavy atom. The Kier molecular flexibility index (Phi) is 4.01. The fraction of sp³-hybridized carbons (Fsp3) is 0.385. The van der Waals surface area contributed by atoms with Crippen LogP contribution in [0, 0.1) is 0 Å². The molecule has 0 saturated carbocycles. The number of nitrogens with zero attached hydrogens (tertiary/aromatic N) is 1. The Hall–Kier alpha value is -1.36. The van der Waals surface area contributed by atoms with Crippen LogP contribution in [-0.2, 0) is 16.0 Å². The fourth-order valence-electron chi connectivity index (χ4n) is 2.04. The lowest BCUT2D eigenvalue weighted by molar-refractivity contribution is -0.140. The molecule has 0 spiro atoms. The van der Waals surface area contributed by atoms with Gasteiger partial charge in [0.1, 0.15) is 4.83 Å². The number of fused-ring (bicyclic) bond motifs is 1. The van der Waals surface area contributed by atoms with Crippen molar-refractivity contribution < 1.29 is 14.3 Å². The van der Waals surface area contributed by atoms with Gasteiger partial charge in [-0.3, -0.25) is 9.59 Å². The topological polar surface area (TPSA) is 46.6 Å². The zero-order valence-corrected chi connectivity index (χ0v) is 11.6. The van der Waals surface area contributed by atoms with Crippen LogP contribution < -0.4 is 0 Å². The molecule has 96 valence electrons. The first-order chi connectivity index (χ1) is 8.63. The van der Waals surface area contributed by atoms with Crippen LogP contribution in [0.1, 0.15) is 15.9 Å². The molecule has 1 aliphatic rings. The van der Waals surface area contributed by atoms with Crippen molar-refractivity contribution >= 4 is 27.8 Å². The Morgan fingerprint density at radius 2 is 2.22 bits per heavy atom. The number of alkyl halides is 1. The van der Waals surface area contributed by atoms with Crippen LogP contribution in [0.25, 0.3) is 0 Å². The van der Waals surface area contributed by atoms with Gasteiger partial charge in [0.15, 0.2) is 0 Å². The van der Waals surface area contributed by atoms with E-state index in [1.54, 1.807) is 4.90 Å². The summed E-state index contributed by atoms with van der Waals surface area (Å²) in [5.41, 5.74) is 1.80. The van der Waals surface area contributed by atoms with Crippen LogP contribution in [0.3, 0.4) is 0 Å². The van der Waals surface area contributed by atoms with E-state index in [0.29, 0.717) is 13.1 Å². The molecule has 18 heavy (non-hydrogen) atoms. The van der Waals surface area contributed by atoms with Crippen molar-refractivity contribution in [3.8, 4) is 0 Å². The summed E-state index contributed by atoms with van der Waals surface area (Å²) in [6.07, 6.45) is 0.822. The lowest BCUT2D eigenvalue weighted by atomic mass is 9.99. The van der Waals surface area contributed by atoms with Crippen molar-refractivity contribution in [2.75, 3.05) is 20.2 Å². The van der Waals surface area contributed by atoms with Crippen molar-refractivity contribution in [1.82, 2.24) is 4.90 Å². The fourth-order valence-corrected chi connectivity index (χ4v) is 2.58. The first-order valence-corrected chi connectivity index (χ1v) is 6.64. The summed E-state index contributed by atoms with van der Waals surface area (Å²) >= 11 is 3.24. The van der Waals surface area contributed by atoms with Gasteiger partial charge < -0.3 is 9.64 Å². The van der Waals surface area contributed by atoms with E-state index in [1.165, 1.54) is 7.11 Å². The van der Waals surface area contributed by atoms with E-state index in [2.05, 4.69) is 20.7 Å². The number of ether oxygens (including phenoxy) is 1. The maximum Gasteiger partial charge on any atom is 0.321 e. The van der Waals surface area contributed by atoms with Crippen molar-refractivity contribution in [1.29, 1.82) is 0 Å². The van der Waals surface area contributed by atoms with Crippen LogP contribution in [0.15, 0.2) is 24.3 Å². The second kappa shape index (κ2) is 5.52. The van der Waals surface area contributed by atoms with E-state index >= 15 is 0 Å². The predicted octanol–water partition coefficient (Wildman–Crippen LogP) is 1.62. The molecule has 1 atom stereocenters. The zero-order chi connectivity index (χ0) is 13.1. The summed E-state index contributed by atoms with van der Waals surface area (Å²) in [7, 11) is 1.34. The highest BCUT2D eigenvalue weighted by Crippen LogP contribution is 2.19.